The first kappa shape index (κ1) is 13.4. The van der Waals surface area contributed by atoms with Gasteiger partial charge in [-0.25, -0.2) is 0 Å². The van der Waals surface area contributed by atoms with E-state index in [-0.39, 0.29) is 11.5 Å². The van der Waals surface area contributed by atoms with Crippen LogP contribution in [0.25, 0.3) is 10.8 Å². The highest BCUT2D eigenvalue weighted by Crippen LogP contribution is 2.47. The monoisotopic (exact) mass is 270 g/mol. The summed E-state index contributed by atoms with van der Waals surface area (Å²) in [6, 6.07) is 12.3. The van der Waals surface area contributed by atoms with Gasteiger partial charge in [-0.3, -0.25) is 0 Å². The van der Waals surface area contributed by atoms with Crippen LogP contribution in [0.4, 0.5) is 0 Å². The predicted octanol–water partition coefficient (Wildman–Crippen LogP) is 4.46. The zero-order valence-electron chi connectivity index (χ0n) is 12.2. The average molecular weight is 270 g/mol. The number of aliphatic hydroxyl groups is 1. The number of benzene rings is 2. The zero-order chi connectivity index (χ0) is 14.2. The molecule has 1 unspecified atom stereocenters. The Morgan fingerprint density at radius 1 is 1.05 bits per heavy atom. The van der Waals surface area contributed by atoms with Gasteiger partial charge in [-0.1, -0.05) is 38.0 Å². The summed E-state index contributed by atoms with van der Waals surface area (Å²) >= 11 is 0. The molecule has 0 heterocycles. The number of hydrogen-bond donors (Lipinski definition) is 1. The molecule has 3 rings (SSSR count). The topological polar surface area (TPSA) is 29.5 Å². The lowest BCUT2D eigenvalue weighted by molar-refractivity contribution is 0.0409. The van der Waals surface area contributed by atoms with Crippen molar-refractivity contribution >= 4 is 10.8 Å². The Labute approximate surface area is 120 Å². The minimum atomic E-state index is -0.364. The maximum atomic E-state index is 10.7. The fourth-order valence-electron chi connectivity index (χ4n) is 3.40. The lowest BCUT2D eigenvalue weighted by Gasteiger charge is -2.30. The Balaban J connectivity index is 1.96. The van der Waals surface area contributed by atoms with E-state index in [1.807, 2.05) is 12.1 Å². The van der Waals surface area contributed by atoms with Crippen molar-refractivity contribution in [1.29, 1.82) is 0 Å². The Morgan fingerprint density at radius 2 is 1.70 bits per heavy atom. The van der Waals surface area contributed by atoms with Crippen LogP contribution in [0.15, 0.2) is 36.4 Å². The first-order chi connectivity index (χ1) is 9.62. The van der Waals surface area contributed by atoms with Crippen molar-refractivity contribution in [1.82, 2.24) is 0 Å². The van der Waals surface area contributed by atoms with Crippen molar-refractivity contribution in [2.75, 3.05) is 7.11 Å². The van der Waals surface area contributed by atoms with E-state index in [0.29, 0.717) is 0 Å². The Kier molecular flexibility index (Phi) is 3.43. The van der Waals surface area contributed by atoms with Crippen LogP contribution in [0.3, 0.4) is 0 Å². The maximum Gasteiger partial charge on any atom is 0.119 e. The Bertz CT molecular complexity index is 612. The number of rotatable bonds is 3. The summed E-state index contributed by atoms with van der Waals surface area (Å²) in [6.07, 6.45) is 4.34. The van der Waals surface area contributed by atoms with Crippen LogP contribution in [-0.2, 0) is 0 Å². The molecule has 0 amide bonds. The van der Waals surface area contributed by atoms with Crippen LogP contribution in [-0.4, -0.2) is 12.2 Å². The van der Waals surface area contributed by atoms with Crippen molar-refractivity contribution in [3.05, 3.63) is 42.0 Å². The minimum Gasteiger partial charge on any atom is -0.497 e. The van der Waals surface area contributed by atoms with Crippen LogP contribution in [0, 0.1) is 5.41 Å². The summed E-state index contributed by atoms with van der Waals surface area (Å²) in [5.74, 6) is 0.869. The quantitative estimate of drug-likeness (QED) is 0.892. The van der Waals surface area contributed by atoms with Gasteiger partial charge in [0.25, 0.3) is 0 Å². The van der Waals surface area contributed by atoms with Crippen LogP contribution in [0.1, 0.15) is 44.3 Å². The minimum absolute atomic E-state index is 0.0418. The molecule has 1 saturated carbocycles. The van der Waals surface area contributed by atoms with E-state index in [1.54, 1.807) is 7.11 Å². The molecule has 0 aliphatic heterocycles. The van der Waals surface area contributed by atoms with E-state index in [9.17, 15) is 5.11 Å². The van der Waals surface area contributed by atoms with Crippen LogP contribution in [0.2, 0.25) is 0 Å². The second kappa shape index (κ2) is 5.10. The molecule has 1 fully saturated rings. The second-order valence-electron chi connectivity index (χ2n) is 6.24. The third-order valence-corrected chi connectivity index (χ3v) is 4.79. The molecule has 0 saturated heterocycles. The van der Waals surface area contributed by atoms with E-state index in [1.165, 1.54) is 12.8 Å². The number of methoxy groups -OCH3 is 1. The van der Waals surface area contributed by atoms with Crippen molar-refractivity contribution in [3.8, 4) is 5.75 Å². The van der Waals surface area contributed by atoms with E-state index in [4.69, 9.17) is 4.74 Å². The third kappa shape index (κ3) is 2.29. The molecule has 0 spiro atoms. The van der Waals surface area contributed by atoms with Gasteiger partial charge in [0.1, 0.15) is 5.75 Å². The molecule has 106 valence electrons. The molecule has 1 atom stereocenters. The average Bonchev–Trinajstić information content (AvgIpc) is 2.93. The van der Waals surface area contributed by atoms with E-state index in [2.05, 4.69) is 31.2 Å². The van der Waals surface area contributed by atoms with Crippen molar-refractivity contribution in [2.24, 2.45) is 5.41 Å². The summed E-state index contributed by atoms with van der Waals surface area (Å²) < 4.78 is 5.25. The van der Waals surface area contributed by atoms with Gasteiger partial charge in [0.2, 0.25) is 0 Å². The van der Waals surface area contributed by atoms with Crippen molar-refractivity contribution in [3.63, 3.8) is 0 Å². The van der Waals surface area contributed by atoms with E-state index in [0.717, 1.165) is 34.9 Å². The van der Waals surface area contributed by atoms with Gasteiger partial charge in [-0.15, -0.1) is 0 Å². The Hall–Kier alpha value is -1.54. The zero-order valence-corrected chi connectivity index (χ0v) is 12.2. The summed E-state index contributed by atoms with van der Waals surface area (Å²) in [5, 5.41) is 13.0. The maximum absolute atomic E-state index is 10.7. The first-order valence-electron chi connectivity index (χ1n) is 7.38. The van der Waals surface area contributed by atoms with Gasteiger partial charge in [0.05, 0.1) is 13.2 Å². The molecular formula is C18H22O2. The molecule has 1 aliphatic carbocycles. The van der Waals surface area contributed by atoms with Crippen molar-refractivity contribution in [2.45, 2.75) is 38.7 Å². The normalized spacial score (nSPS) is 19.1. The fourth-order valence-corrected chi connectivity index (χ4v) is 3.40. The summed E-state index contributed by atoms with van der Waals surface area (Å²) in [4.78, 5) is 0. The first-order valence-corrected chi connectivity index (χ1v) is 7.38. The second-order valence-corrected chi connectivity index (χ2v) is 6.24. The molecule has 2 aromatic rings. The molecule has 2 aromatic carbocycles. The molecule has 1 N–H and O–H groups in total. The van der Waals surface area contributed by atoms with Gasteiger partial charge in [0.15, 0.2) is 0 Å². The van der Waals surface area contributed by atoms with Gasteiger partial charge < -0.3 is 9.84 Å². The van der Waals surface area contributed by atoms with Gasteiger partial charge in [-0.2, -0.15) is 0 Å². The van der Waals surface area contributed by atoms with E-state index < -0.39 is 0 Å². The molecule has 2 heteroatoms. The van der Waals surface area contributed by atoms with Gasteiger partial charge in [0, 0.05) is 0 Å². The summed E-state index contributed by atoms with van der Waals surface area (Å²) in [7, 11) is 1.68. The molecule has 2 nitrogen and oxygen atoms in total. The molecule has 20 heavy (non-hydrogen) atoms. The lowest BCUT2D eigenvalue weighted by Crippen LogP contribution is -2.21. The van der Waals surface area contributed by atoms with Crippen LogP contribution in [0.5, 0.6) is 5.75 Å². The summed E-state index contributed by atoms with van der Waals surface area (Å²) in [6.45, 7) is 2.21. The molecule has 0 bridgehead atoms. The number of ether oxygens (including phenoxy) is 1. The van der Waals surface area contributed by atoms with Crippen LogP contribution >= 0.6 is 0 Å². The van der Waals surface area contributed by atoms with Gasteiger partial charge >= 0.3 is 0 Å². The predicted molar refractivity (Wildman–Crippen MR) is 82.0 cm³/mol. The smallest absolute Gasteiger partial charge is 0.119 e. The van der Waals surface area contributed by atoms with Crippen LogP contribution < -0.4 is 4.74 Å². The van der Waals surface area contributed by atoms with Crippen molar-refractivity contribution < 1.29 is 9.84 Å². The number of fused-ring (bicyclic) bond motifs is 1. The third-order valence-electron chi connectivity index (χ3n) is 4.79. The van der Waals surface area contributed by atoms with E-state index >= 15 is 0 Å². The number of hydrogen-bond acceptors (Lipinski definition) is 2. The Morgan fingerprint density at radius 3 is 2.40 bits per heavy atom. The highest BCUT2D eigenvalue weighted by atomic mass is 16.5. The molecule has 0 radical (unpaired) electrons. The standard InChI is InChI=1S/C18H22O2/c1-18(9-3-4-10-18)17(19)15-6-5-14-12-16(20-2)8-7-13(14)11-15/h5-8,11-12,17,19H,3-4,9-10H2,1-2H3. The molecule has 1 aliphatic rings. The largest absolute Gasteiger partial charge is 0.497 e. The lowest BCUT2D eigenvalue weighted by atomic mass is 9.79. The number of aliphatic hydroxyl groups excluding tert-OH is 1. The highest BCUT2D eigenvalue weighted by Gasteiger charge is 2.36. The molecule has 0 aromatic heterocycles. The fraction of sp³-hybridized carbons (Fsp3) is 0.444. The SMILES string of the molecule is COc1ccc2cc(C(O)C3(C)CCCC3)ccc2c1. The molecular weight excluding hydrogens is 248 g/mol. The highest BCUT2D eigenvalue weighted by molar-refractivity contribution is 5.84. The van der Waals surface area contributed by atoms with Gasteiger partial charge in [-0.05, 0) is 52.8 Å². The summed E-state index contributed by atoms with van der Waals surface area (Å²) in [5.41, 5.74) is 1.08.